The zero-order valence-electron chi connectivity index (χ0n) is 15.9. The molecule has 1 aliphatic carbocycles. The van der Waals surface area contributed by atoms with E-state index in [2.05, 4.69) is 20.4 Å². The number of thiophene rings is 1. The molecule has 2 amide bonds. The maximum Gasteiger partial charge on any atom is 0.261 e. The molecule has 4 rings (SSSR count). The smallest absolute Gasteiger partial charge is 0.261 e. The van der Waals surface area contributed by atoms with Crippen molar-refractivity contribution in [2.24, 2.45) is 5.92 Å². The van der Waals surface area contributed by atoms with Crippen LogP contribution in [-0.2, 0) is 11.3 Å². The number of aromatic nitrogens is 2. The van der Waals surface area contributed by atoms with E-state index in [1.54, 1.807) is 0 Å². The maximum absolute atomic E-state index is 12.7. The second kappa shape index (κ2) is 7.46. The van der Waals surface area contributed by atoms with Crippen LogP contribution in [0.4, 0.5) is 0 Å². The Morgan fingerprint density at radius 3 is 2.74 bits per heavy atom. The summed E-state index contributed by atoms with van der Waals surface area (Å²) in [6.07, 6.45) is 5.28. The van der Waals surface area contributed by atoms with Crippen molar-refractivity contribution in [2.45, 2.75) is 58.5 Å². The third-order valence-electron chi connectivity index (χ3n) is 5.88. The van der Waals surface area contributed by atoms with Crippen LogP contribution in [0, 0.1) is 19.8 Å². The summed E-state index contributed by atoms with van der Waals surface area (Å²) in [7, 11) is 0. The Kier molecular flexibility index (Phi) is 5.04. The van der Waals surface area contributed by atoms with Crippen molar-refractivity contribution >= 4 is 23.2 Å². The molecule has 3 heterocycles. The SMILES string of the molecule is Cc1n[nH]c(C)c1CNC(=O)c1ccc([C@H]2CCCN2C(=O)C2CCC2)s1. The van der Waals surface area contributed by atoms with Crippen molar-refractivity contribution in [1.29, 1.82) is 0 Å². The largest absolute Gasteiger partial charge is 0.347 e. The molecule has 1 saturated heterocycles. The van der Waals surface area contributed by atoms with Gasteiger partial charge in [0, 0.05) is 35.1 Å². The number of likely N-dealkylation sites (tertiary alicyclic amines) is 1. The number of carbonyl (C=O) groups excluding carboxylic acids is 2. The first-order valence-corrected chi connectivity index (χ1v) is 10.5. The highest BCUT2D eigenvalue weighted by atomic mass is 32.1. The monoisotopic (exact) mass is 386 g/mol. The van der Waals surface area contributed by atoms with Gasteiger partial charge in [-0.3, -0.25) is 14.7 Å². The molecule has 2 aromatic heterocycles. The van der Waals surface area contributed by atoms with Crippen LogP contribution in [0.15, 0.2) is 12.1 Å². The molecule has 1 saturated carbocycles. The zero-order chi connectivity index (χ0) is 19.0. The molecule has 0 bridgehead atoms. The number of rotatable bonds is 5. The molecule has 27 heavy (non-hydrogen) atoms. The van der Waals surface area contributed by atoms with Gasteiger partial charge in [0.25, 0.3) is 5.91 Å². The topological polar surface area (TPSA) is 78.1 Å². The molecule has 2 N–H and O–H groups in total. The van der Waals surface area contributed by atoms with Crippen LogP contribution in [-0.4, -0.2) is 33.5 Å². The van der Waals surface area contributed by atoms with Gasteiger partial charge in [0.15, 0.2) is 0 Å². The highest BCUT2D eigenvalue weighted by Gasteiger charge is 2.36. The number of hydrogen-bond donors (Lipinski definition) is 2. The van der Waals surface area contributed by atoms with Crippen LogP contribution in [0.3, 0.4) is 0 Å². The summed E-state index contributed by atoms with van der Waals surface area (Å²) in [5.74, 6) is 0.477. The molecule has 1 atom stereocenters. The predicted octanol–water partition coefficient (Wildman–Crippen LogP) is 3.48. The van der Waals surface area contributed by atoms with Crippen LogP contribution in [0.5, 0.6) is 0 Å². The molecule has 0 radical (unpaired) electrons. The van der Waals surface area contributed by atoms with Gasteiger partial charge < -0.3 is 10.2 Å². The molecule has 6 nitrogen and oxygen atoms in total. The molecule has 0 unspecified atom stereocenters. The summed E-state index contributed by atoms with van der Waals surface area (Å²) in [5, 5.41) is 10.1. The first-order valence-electron chi connectivity index (χ1n) is 9.73. The van der Waals surface area contributed by atoms with Crippen LogP contribution < -0.4 is 5.32 Å². The number of H-pyrrole nitrogens is 1. The van der Waals surface area contributed by atoms with Crippen molar-refractivity contribution in [3.63, 3.8) is 0 Å². The van der Waals surface area contributed by atoms with Gasteiger partial charge in [0.05, 0.1) is 16.6 Å². The Bertz CT molecular complexity index is 833. The maximum atomic E-state index is 12.7. The van der Waals surface area contributed by atoms with Gasteiger partial charge in [-0.05, 0) is 51.7 Å². The molecule has 1 aliphatic heterocycles. The second-order valence-electron chi connectivity index (χ2n) is 7.61. The molecular formula is C20H26N4O2S. The number of nitrogens with zero attached hydrogens (tertiary/aromatic N) is 2. The van der Waals surface area contributed by atoms with Crippen molar-refractivity contribution in [3.8, 4) is 0 Å². The minimum absolute atomic E-state index is 0.0684. The fourth-order valence-electron chi connectivity index (χ4n) is 3.96. The minimum atomic E-state index is -0.0684. The fourth-order valence-corrected chi connectivity index (χ4v) is 5.03. The second-order valence-corrected chi connectivity index (χ2v) is 8.73. The Balaban J connectivity index is 1.41. The summed E-state index contributed by atoms with van der Waals surface area (Å²) in [5.41, 5.74) is 2.93. The average Bonchev–Trinajstić information content (AvgIpc) is 3.31. The lowest BCUT2D eigenvalue weighted by atomic mass is 9.84. The quantitative estimate of drug-likeness (QED) is 0.826. The number of amides is 2. The van der Waals surface area contributed by atoms with Gasteiger partial charge in [-0.1, -0.05) is 6.42 Å². The van der Waals surface area contributed by atoms with E-state index < -0.39 is 0 Å². The summed E-state index contributed by atoms with van der Waals surface area (Å²) in [6, 6.07) is 4.04. The number of aryl methyl sites for hydroxylation is 2. The summed E-state index contributed by atoms with van der Waals surface area (Å²) < 4.78 is 0. The highest BCUT2D eigenvalue weighted by Crippen LogP contribution is 2.39. The first-order chi connectivity index (χ1) is 13.0. The Labute approximate surface area is 163 Å². The summed E-state index contributed by atoms with van der Waals surface area (Å²) in [6.45, 7) is 5.20. The third-order valence-corrected chi connectivity index (χ3v) is 7.06. The molecule has 0 aromatic carbocycles. The van der Waals surface area contributed by atoms with Gasteiger partial charge in [0.2, 0.25) is 5.91 Å². The van der Waals surface area contributed by atoms with Crippen molar-refractivity contribution in [2.75, 3.05) is 6.54 Å². The zero-order valence-corrected chi connectivity index (χ0v) is 16.7. The lowest BCUT2D eigenvalue weighted by Crippen LogP contribution is -2.38. The Morgan fingerprint density at radius 1 is 1.26 bits per heavy atom. The molecule has 2 aliphatic rings. The van der Waals surface area contributed by atoms with E-state index in [1.807, 2.05) is 26.0 Å². The number of nitrogens with one attached hydrogen (secondary N) is 2. The molecular weight excluding hydrogens is 360 g/mol. The Hall–Kier alpha value is -2.15. The van der Waals surface area contributed by atoms with Crippen LogP contribution in [0.25, 0.3) is 0 Å². The van der Waals surface area contributed by atoms with Crippen molar-refractivity contribution in [3.05, 3.63) is 38.8 Å². The van der Waals surface area contributed by atoms with Gasteiger partial charge in [-0.15, -0.1) is 11.3 Å². The van der Waals surface area contributed by atoms with Gasteiger partial charge in [-0.25, -0.2) is 0 Å². The van der Waals surface area contributed by atoms with Crippen LogP contribution >= 0.6 is 11.3 Å². The van der Waals surface area contributed by atoms with Gasteiger partial charge in [0.1, 0.15) is 0 Å². The molecule has 7 heteroatoms. The average molecular weight is 387 g/mol. The molecule has 144 valence electrons. The number of carbonyl (C=O) groups is 2. The summed E-state index contributed by atoms with van der Waals surface area (Å²) >= 11 is 1.51. The Morgan fingerprint density at radius 2 is 2.07 bits per heavy atom. The van der Waals surface area contributed by atoms with E-state index in [9.17, 15) is 9.59 Å². The minimum Gasteiger partial charge on any atom is -0.347 e. The van der Waals surface area contributed by atoms with E-state index in [1.165, 1.54) is 17.8 Å². The lowest BCUT2D eigenvalue weighted by Gasteiger charge is -2.32. The van der Waals surface area contributed by atoms with E-state index in [-0.39, 0.29) is 17.9 Å². The fraction of sp³-hybridized carbons (Fsp3) is 0.550. The molecule has 0 spiro atoms. The molecule has 2 fully saturated rings. The number of hydrogen-bond acceptors (Lipinski definition) is 4. The van der Waals surface area contributed by atoms with E-state index in [0.717, 1.165) is 54.1 Å². The van der Waals surface area contributed by atoms with Gasteiger partial charge in [-0.2, -0.15) is 5.10 Å². The van der Waals surface area contributed by atoms with Gasteiger partial charge >= 0.3 is 0 Å². The highest BCUT2D eigenvalue weighted by molar-refractivity contribution is 7.14. The van der Waals surface area contributed by atoms with E-state index in [4.69, 9.17) is 0 Å². The third kappa shape index (κ3) is 3.52. The normalized spacial score (nSPS) is 19.9. The standard InChI is InChI=1S/C20H26N4O2S/c1-12-15(13(2)23-22-12)11-21-19(25)18-9-8-17(27-18)16-7-4-10-24(16)20(26)14-5-3-6-14/h8-9,14,16H,3-7,10-11H2,1-2H3,(H,21,25)(H,22,23)/t16-/m1/s1. The molecule has 2 aromatic rings. The predicted molar refractivity (Wildman–Crippen MR) is 105 cm³/mol. The summed E-state index contributed by atoms with van der Waals surface area (Å²) in [4.78, 5) is 29.1. The van der Waals surface area contributed by atoms with Crippen LogP contribution in [0.2, 0.25) is 0 Å². The van der Waals surface area contributed by atoms with Crippen molar-refractivity contribution in [1.82, 2.24) is 20.4 Å². The van der Waals surface area contributed by atoms with Crippen LogP contribution in [0.1, 0.15) is 69.6 Å². The number of aromatic amines is 1. The first kappa shape index (κ1) is 18.2. The van der Waals surface area contributed by atoms with E-state index in [0.29, 0.717) is 17.3 Å². The lowest BCUT2D eigenvalue weighted by molar-refractivity contribution is -0.139. The van der Waals surface area contributed by atoms with E-state index >= 15 is 0 Å². The van der Waals surface area contributed by atoms with Crippen molar-refractivity contribution < 1.29 is 9.59 Å².